The number of aliphatic carboxylic acids is 1. The van der Waals surface area contributed by atoms with Gasteiger partial charge in [0.2, 0.25) is 5.89 Å². The number of carboxylic acid groups (broad SMARTS) is 1. The third-order valence-corrected chi connectivity index (χ3v) is 2.99. The largest absolute Gasteiger partial charge is 0.479 e. The molecule has 1 aromatic heterocycles. The molecule has 0 spiro atoms. The van der Waals surface area contributed by atoms with E-state index in [0.29, 0.717) is 16.6 Å². The van der Waals surface area contributed by atoms with Gasteiger partial charge in [-0.2, -0.15) is 0 Å². The molecule has 0 aliphatic heterocycles. The highest BCUT2D eigenvalue weighted by molar-refractivity contribution is 6.30. The van der Waals surface area contributed by atoms with Crippen LogP contribution in [0.25, 0.3) is 11.5 Å². The van der Waals surface area contributed by atoms with Crippen molar-refractivity contribution in [3.8, 4) is 11.5 Å². The number of hydrogen-bond acceptors (Lipinski definition) is 4. The maximum absolute atomic E-state index is 10.9. The summed E-state index contributed by atoms with van der Waals surface area (Å²) in [4.78, 5) is 15.2. The Kier molecular flexibility index (Phi) is 4.11. The van der Waals surface area contributed by atoms with Crippen LogP contribution in [0.5, 0.6) is 0 Å². The van der Waals surface area contributed by atoms with Crippen molar-refractivity contribution in [1.29, 1.82) is 0 Å². The molecule has 106 valence electrons. The number of rotatable bonds is 5. The van der Waals surface area contributed by atoms with Crippen LogP contribution in [0, 0.1) is 0 Å². The summed E-state index contributed by atoms with van der Waals surface area (Å²) in [5.74, 6) is -0.590. The number of hydrogen-bond donors (Lipinski definition) is 1. The molecule has 2 aromatic rings. The highest BCUT2D eigenvalue weighted by Gasteiger charge is 2.28. The molecule has 1 aromatic carbocycles. The van der Waals surface area contributed by atoms with Gasteiger partial charge in [-0.1, -0.05) is 11.6 Å². The lowest BCUT2D eigenvalue weighted by Gasteiger charge is -2.18. The lowest BCUT2D eigenvalue weighted by atomic mass is 10.1. The fourth-order valence-corrected chi connectivity index (χ4v) is 1.54. The first-order chi connectivity index (χ1) is 9.38. The summed E-state index contributed by atoms with van der Waals surface area (Å²) in [5.41, 5.74) is 0.0572. The molecule has 0 unspecified atom stereocenters. The van der Waals surface area contributed by atoms with Gasteiger partial charge in [0, 0.05) is 10.6 Å². The van der Waals surface area contributed by atoms with E-state index in [2.05, 4.69) is 4.98 Å². The smallest absolute Gasteiger partial charge is 0.335 e. The molecule has 0 saturated heterocycles. The summed E-state index contributed by atoms with van der Waals surface area (Å²) in [5, 5.41) is 9.58. The van der Waals surface area contributed by atoms with Gasteiger partial charge in [-0.15, -0.1) is 0 Å². The van der Waals surface area contributed by atoms with Crippen molar-refractivity contribution in [2.75, 3.05) is 0 Å². The average Bonchev–Trinajstić information content (AvgIpc) is 2.86. The van der Waals surface area contributed by atoms with E-state index < -0.39 is 11.6 Å². The lowest BCUT2D eigenvalue weighted by molar-refractivity contribution is -0.162. The summed E-state index contributed by atoms with van der Waals surface area (Å²) in [6.45, 7) is 3.03. The Morgan fingerprint density at radius 1 is 1.40 bits per heavy atom. The van der Waals surface area contributed by atoms with Gasteiger partial charge < -0.3 is 14.3 Å². The molecule has 1 N–H and O–H groups in total. The Morgan fingerprint density at radius 3 is 2.65 bits per heavy atom. The zero-order valence-electron chi connectivity index (χ0n) is 11.1. The lowest BCUT2D eigenvalue weighted by Crippen LogP contribution is -2.34. The van der Waals surface area contributed by atoms with Crippen LogP contribution >= 0.6 is 11.6 Å². The summed E-state index contributed by atoms with van der Waals surface area (Å²) in [7, 11) is 0. The minimum absolute atomic E-state index is 0.0659. The van der Waals surface area contributed by atoms with Crippen LogP contribution in [-0.2, 0) is 16.1 Å². The van der Waals surface area contributed by atoms with Crippen LogP contribution in [-0.4, -0.2) is 21.7 Å². The first-order valence-electron chi connectivity index (χ1n) is 5.96. The number of carboxylic acids is 1. The van der Waals surface area contributed by atoms with Crippen LogP contribution in [0.1, 0.15) is 19.5 Å². The molecular weight excluding hydrogens is 282 g/mol. The number of aromatic nitrogens is 1. The molecule has 0 fully saturated rings. The number of oxazole rings is 1. The second kappa shape index (κ2) is 5.64. The minimum atomic E-state index is -1.26. The van der Waals surface area contributed by atoms with Gasteiger partial charge >= 0.3 is 5.97 Å². The van der Waals surface area contributed by atoms with Gasteiger partial charge in [0.05, 0.1) is 6.61 Å². The maximum atomic E-state index is 10.9. The second-order valence-electron chi connectivity index (χ2n) is 4.76. The SMILES string of the molecule is CC(C)(OCc1coc(-c2ccc(Cl)cc2)n1)C(=O)O. The van der Waals surface area contributed by atoms with Crippen LogP contribution < -0.4 is 0 Å². The van der Waals surface area contributed by atoms with Crippen molar-refractivity contribution >= 4 is 17.6 Å². The number of carbonyl (C=O) groups is 1. The van der Waals surface area contributed by atoms with E-state index in [4.69, 9.17) is 25.9 Å². The molecule has 0 atom stereocenters. The highest BCUT2D eigenvalue weighted by Crippen LogP contribution is 2.22. The van der Waals surface area contributed by atoms with E-state index in [1.165, 1.54) is 20.1 Å². The first-order valence-corrected chi connectivity index (χ1v) is 6.34. The first kappa shape index (κ1) is 14.6. The minimum Gasteiger partial charge on any atom is -0.479 e. The molecule has 2 rings (SSSR count). The van der Waals surface area contributed by atoms with E-state index in [-0.39, 0.29) is 6.61 Å². The molecule has 1 heterocycles. The Bertz CT molecular complexity index is 604. The molecular formula is C14H14ClNO4. The van der Waals surface area contributed by atoms with Crippen LogP contribution in [0.2, 0.25) is 5.02 Å². The van der Waals surface area contributed by atoms with Gasteiger partial charge in [-0.05, 0) is 38.1 Å². The summed E-state index contributed by atoms with van der Waals surface area (Å²) in [6.07, 6.45) is 1.45. The van der Waals surface area contributed by atoms with E-state index in [0.717, 1.165) is 5.56 Å². The van der Waals surface area contributed by atoms with Crippen LogP contribution in [0.3, 0.4) is 0 Å². The van der Waals surface area contributed by atoms with E-state index in [1.54, 1.807) is 24.3 Å². The highest BCUT2D eigenvalue weighted by atomic mass is 35.5. The summed E-state index contributed by atoms with van der Waals surface area (Å²) in [6, 6.07) is 7.07. The van der Waals surface area contributed by atoms with E-state index in [9.17, 15) is 4.79 Å². The zero-order chi connectivity index (χ0) is 14.8. The molecule has 6 heteroatoms. The monoisotopic (exact) mass is 295 g/mol. The Balaban J connectivity index is 2.06. The van der Waals surface area contributed by atoms with Crippen molar-refractivity contribution in [2.45, 2.75) is 26.1 Å². The fraction of sp³-hybridized carbons (Fsp3) is 0.286. The van der Waals surface area contributed by atoms with E-state index >= 15 is 0 Å². The molecule has 0 amide bonds. The van der Waals surface area contributed by atoms with Crippen molar-refractivity contribution in [2.24, 2.45) is 0 Å². The fourth-order valence-electron chi connectivity index (χ4n) is 1.41. The number of halogens is 1. The van der Waals surface area contributed by atoms with Gasteiger partial charge in [0.15, 0.2) is 5.60 Å². The summed E-state index contributed by atoms with van der Waals surface area (Å²) < 4.78 is 10.6. The van der Waals surface area contributed by atoms with E-state index in [1.807, 2.05) is 0 Å². The topological polar surface area (TPSA) is 72.6 Å². The van der Waals surface area contributed by atoms with Crippen LogP contribution in [0.4, 0.5) is 0 Å². The third-order valence-electron chi connectivity index (χ3n) is 2.74. The van der Waals surface area contributed by atoms with Gasteiger partial charge in [0.1, 0.15) is 12.0 Å². The Hall–Kier alpha value is -1.85. The normalized spacial score (nSPS) is 11.6. The van der Waals surface area contributed by atoms with Crippen molar-refractivity contribution in [3.05, 3.63) is 41.2 Å². The number of nitrogens with zero attached hydrogens (tertiary/aromatic N) is 1. The maximum Gasteiger partial charge on any atom is 0.335 e. The van der Waals surface area contributed by atoms with Crippen LogP contribution in [0.15, 0.2) is 34.9 Å². The predicted molar refractivity (Wildman–Crippen MR) is 73.5 cm³/mol. The number of ether oxygens (including phenoxy) is 1. The van der Waals surface area contributed by atoms with Gasteiger partial charge in [-0.25, -0.2) is 9.78 Å². The molecule has 0 bridgehead atoms. The predicted octanol–water partition coefficient (Wildman–Crippen LogP) is 3.37. The van der Waals surface area contributed by atoms with Gasteiger partial charge in [0.25, 0.3) is 0 Å². The van der Waals surface area contributed by atoms with Crippen molar-refractivity contribution < 1.29 is 19.1 Å². The molecule has 0 aliphatic carbocycles. The second-order valence-corrected chi connectivity index (χ2v) is 5.19. The zero-order valence-corrected chi connectivity index (χ0v) is 11.8. The molecule has 0 radical (unpaired) electrons. The average molecular weight is 296 g/mol. The molecule has 5 nitrogen and oxygen atoms in total. The third kappa shape index (κ3) is 3.37. The Labute approximate surface area is 121 Å². The van der Waals surface area contributed by atoms with Gasteiger partial charge in [-0.3, -0.25) is 0 Å². The molecule has 0 saturated carbocycles. The summed E-state index contributed by atoms with van der Waals surface area (Å²) >= 11 is 5.81. The molecule has 20 heavy (non-hydrogen) atoms. The Morgan fingerprint density at radius 2 is 2.05 bits per heavy atom. The van der Waals surface area contributed by atoms with Crippen molar-refractivity contribution in [1.82, 2.24) is 4.98 Å². The quantitative estimate of drug-likeness (QED) is 0.915. The number of benzene rings is 1. The standard InChI is InChI=1S/C14H14ClNO4/c1-14(2,13(17)18)20-8-11-7-19-12(16-11)9-3-5-10(15)6-4-9/h3-7H,8H2,1-2H3,(H,17,18). The molecule has 0 aliphatic rings. The van der Waals surface area contributed by atoms with Crippen molar-refractivity contribution in [3.63, 3.8) is 0 Å².